The van der Waals surface area contributed by atoms with Crippen LogP contribution in [0.25, 0.3) is 0 Å². The summed E-state index contributed by atoms with van der Waals surface area (Å²) in [5, 5.41) is 8.94. The zero-order chi connectivity index (χ0) is 13.4. The van der Waals surface area contributed by atoms with Gasteiger partial charge in [0.1, 0.15) is 12.5 Å². The van der Waals surface area contributed by atoms with Gasteiger partial charge in [0.15, 0.2) is 0 Å². The number of ether oxygens (including phenoxy) is 1. The summed E-state index contributed by atoms with van der Waals surface area (Å²) in [6.07, 6.45) is 1.27. The minimum atomic E-state index is -0.674. The Morgan fingerprint density at radius 2 is 2.00 bits per heavy atom. The fourth-order valence-electron chi connectivity index (χ4n) is 1.45. The molecule has 0 aromatic heterocycles. The maximum atomic E-state index is 12.1. The third-order valence-corrected chi connectivity index (χ3v) is 2.46. The number of amides is 1. The Morgan fingerprint density at radius 1 is 1.41 bits per heavy atom. The van der Waals surface area contributed by atoms with E-state index in [9.17, 15) is 9.59 Å². The Hall–Kier alpha value is -1.57. The molecule has 17 heavy (non-hydrogen) atoms. The average molecular weight is 240 g/mol. The van der Waals surface area contributed by atoms with Gasteiger partial charge >= 0.3 is 5.97 Å². The van der Waals surface area contributed by atoms with Gasteiger partial charge in [-0.3, -0.25) is 9.59 Å². The minimum Gasteiger partial charge on any atom is -0.468 e. The van der Waals surface area contributed by atoms with Gasteiger partial charge in [-0.1, -0.05) is 13.3 Å². The van der Waals surface area contributed by atoms with Gasteiger partial charge in [0.25, 0.3) is 0 Å². The lowest BCUT2D eigenvalue weighted by Crippen LogP contribution is -2.44. The van der Waals surface area contributed by atoms with Crippen LogP contribution in [-0.2, 0) is 14.3 Å². The summed E-state index contributed by atoms with van der Waals surface area (Å²) in [5.41, 5.74) is 0. The summed E-state index contributed by atoms with van der Waals surface area (Å²) in [5.74, 6) is -1.44. The van der Waals surface area contributed by atoms with E-state index in [1.165, 1.54) is 12.0 Å². The highest BCUT2D eigenvalue weighted by atomic mass is 16.5. The molecule has 0 aliphatic heterocycles. The zero-order valence-electron chi connectivity index (χ0n) is 10.9. The Balaban J connectivity index is 4.75. The van der Waals surface area contributed by atoms with Gasteiger partial charge in [0.05, 0.1) is 13.2 Å². The Labute approximate surface area is 102 Å². The van der Waals surface area contributed by atoms with Crippen LogP contribution >= 0.6 is 0 Å². The molecule has 0 aromatic carbocycles. The maximum absolute atomic E-state index is 12.1. The molecule has 0 aromatic rings. The number of carbonyl (C=O) groups is 2. The first-order chi connectivity index (χ1) is 7.97. The molecule has 0 rings (SSSR count). The lowest BCUT2D eigenvalue weighted by atomic mass is 10.0. The number of nitrogens with zero attached hydrogens (tertiary/aromatic N) is 2. The van der Waals surface area contributed by atoms with E-state index in [1.54, 1.807) is 13.8 Å². The van der Waals surface area contributed by atoms with Gasteiger partial charge in [-0.2, -0.15) is 5.26 Å². The van der Waals surface area contributed by atoms with E-state index < -0.39 is 11.9 Å². The first kappa shape index (κ1) is 15.4. The molecule has 0 heterocycles. The fourth-order valence-corrected chi connectivity index (χ4v) is 1.45. The van der Waals surface area contributed by atoms with Crippen molar-refractivity contribution in [2.45, 2.75) is 39.7 Å². The second-order valence-electron chi connectivity index (χ2n) is 4.11. The van der Waals surface area contributed by atoms with E-state index in [-0.39, 0.29) is 18.5 Å². The number of hydrogen-bond acceptors (Lipinski definition) is 4. The van der Waals surface area contributed by atoms with E-state index in [0.29, 0.717) is 6.42 Å². The molecular formula is C12H20N2O3. The van der Waals surface area contributed by atoms with Crippen LogP contribution in [0.15, 0.2) is 0 Å². The highest BCUT2D eigenvalue weighted by Gasteiger charge is 2.27. The smallest absolute Gasteiger partial charge is 0.325 e. The van der Waals surface area contributed by atoms with Crippen LogP contribution in [0.2, 0.25) is 0 Å². The van der Waals surface area contributed by atoms with Crippen molar-refractivity contribution in [3.63, 3.8) is 0 Å². The van der Waals surface area contributed by atoms with Crippen molar-refractivity contribution < 1.29 is 14.3 Å². The predicted octanol–water partition coefficient (Wildman–Crippen LogP) is 1.34. The topological polar surface area (TPSA) is 70.4 Å². The highest BCUT2D eigenvalue weighted by Crippen LogP contribution is 2.12. The molecule has 1 amide bonds. The fraction of sp³-hybridized carbons (Fsp3) is 0.750. The molecule has 0 saturated heterocycles. The van der Waals surface area contributed by atoms with Crippen LogP contribution in [0.5, 0.6) is 0 Å². The van der Waals surface area contributed by atoms with Crippen molar-refractivity contribution in [2.75, 3.05) is 13.7 Å². The first-order valence-corrected chi connectivity index (χ1v) is 5.74. The summed E-state index contributed by atoms with van der Waals surface area (Å²) in [7, 11) is 1.28. The van der Waals surface area contributed by atoms with Crippen LogP contribution in [-0.4, -0.2) is 36.5 Å². The Bertz CT molecular complexity index is 307. The first-order valence-electron chi connectivity index (χ1n) is 5.74. The van der Waals surface area contributed by atoms with E-state index in [0.717, 1.165) is 6.42 Å². The molecule has 0 radical (unpaired) electrons. The molecule has 0 fully saturated rings. The average Bonchev–Trinajstić information content (AvgIpc) is 2.31. The number of carbonyl (C=O) groups excluding carboxylic acids is 2. The van der Waals surface area contributed by atoms with Gasteiger partial charge in [-0.15, -0.1) is 0 Å². The quantitative estimate of drug-likeness (QED) is 0.657. The summed E-state index contributed by atoms with van der Waals surface area (Å²) < 4.78 is 4.54. The van der Waals surface area contributed by atoms with Crippen molar-refractivity contribution in [1.29, 1.82) is 5.26 Å². The molecule has 0 saturated carbocycles. The standard InChI is InChI=1S/C12H20N2O3/c1-5-6-10(7-13)12(16)14(9(2)3)8-11(15)17-4/h9-10H,5-6,8H2,1-4H3. The van der Waals surface area contributed by atoms with Crippen LogP contribution in [0.3, 0.4) is 0 Å². The van der Waals surface area contributed by atoms with Gasteiger partial charge < -0.3 is 9.64 Å². The second-order valence-corrected chi connectivity index (χ2v) is 4.11. The largest absolute Gasteiger partial charge is 0.468 e. The monoisotopic (exact) mass is 240 g/mol. The second kappa shape index (κ2) is 7.66. The van der Waals surface area contributed by atoms with Crippen molar-refractivity contribution in [1.82, 2.24) is 4.90 Å². The molecule has 1 atom stereocenters. The molecule has 96 valence electrons. The molecular weight excluding hydrogens is 220 g/mol. The number of methoxy groups -OCH3 is 1. The lowest BCUT2D eigenvalue weighted by molar-refractivity contribution is -0.149. The summed E-state index contributed by atoms with van der Waals surface area (Å²) in [4.78, 5) is 24.6. The maximum Gasteiger partial charge on any atom is 0.325 e. The van der Waals surface area contributed by atoms with Crippen molar-refractivity contribution in [3.05, 3.63) is 0 Å². The number of nitriles is 1. The molecule has 1 unspecified atom stereocenters. The normalized spacial score (nSPS) is 11.8. The molecule has 0 bridgehead atoms. The lowest BCUT2D eigenvalue weighted by Gasteiger charge is -2.27. The van der Waals surface area contributed by atoms with Crippen LogP contribution in [0.1, 0.15) is 33.6 Å². The van der Waals surface area contributed by atoms with Crippen molar-refractivity contribution in [3.8, 4) is 6.07 Å². The Kier molecular flexibility index (Phi) is 6.95. The summed E-state index contributed by atoms with van der Waals surface area (Å²) >= 11 is 0. The SMILES string of the molecule is CCCC(C#N)C(=O)N(CC(=O)OC)C(C)C. The van der Waals surface area contributed by atoms with Crippen molar-refractivity contribution in [2.24, 2.45) is 5.92 Å². The number of rotatable bonds is 6. The van der Waals surface area contributed by atoms with Gasteiger partial charge in [0, 0.05) is 6.04 Å². The highest BCUT2D eigenvalue weighted by molar-refractivity contribution is 5.85. The third-order valence-electron chi connectivity index (χ3n) is 2.46. The van der Waals surface area contributed by atoms with Gasteiger partial charge in [0.2, 0.25) is 5.91 Å². The van der Waals surface area contributed by atoms with Crippen LogP contribution in [0, 0.1) is 17.2 Å². The van der Waals surface area contributed by atoms with E-state index >= 15 is 0 Å². The number of esters is 1. The van der Waals surface area contributed by atoms with Crippen molar-refractivity contribution >= 4 is 11.9 Å². The number of hydrogen-bond donors (Lipinski definition) is 0. The Morgan fingerprint density at radius 3 is 2.35 bits per heavy atom. The molecule has 5 heteroatoms. The van der Waals surface area contributed by atoms with E-state index in [1.807, 2.05) is 13.0 Å². The predicted molar refractivity (Wildman–Crippen MR) is 62.9 cm³/mol. The van der Waals surface area contributed by atoms with Gasteiger partial charge in [-0.05, 0) is 20.3 Å². The molecule has 0 N–H and O–H groups in total. The van der Waals surface area contributed by atoms with Crippen LogP contribution < -0.4 is 0 Å². The minimum absolute atomic E-state index is 0.102. The molecule has 0 aliphatic rings. The molecule has 0 aliphatic carbocycles. The summed E-state index contributed by atoms with van der Waals surface area (Å²) in [6, 6.07) is 1.86. The van der Waals surface area contributed by atoms with Crippen LogP contribution in [0.4, 0.5) is 0 Å². The third kappa shape index (κ3) is 4.85. The summed E-state index contributed by atoms with van der Waals surface area (Å²) in [6.45, 7) is 5.43. The molecule has 0 spiro atoms. The van der Waals surface area contributed by atoms with Gasteiger partial charge in [-0.25, -0.2) is 0 Å². The van der Waals surface area contributed by atoms with E-state index in [2.05, 4.69) is 4.74 Å². The van der Waals surface area contributed by atoms with E-state index in [4.69, 9.17) is 5.26 Å². The zero-order valence-corrected chi connectivity index (χ0v) is 10.9. The molecule has 5 nitrogen and oxygen atoms in total.